The number of hydrogen-bond donors (Lipinski definition) is 4. The smallest absolute Gasteiger partial charge is 0.317 e. The third kappa shape index (κ3) is 7.34. The zero-order valence-corrected chi connectivity index (χ0v) is 20.8. The van der Waals surface area contributed by atoms with Crippen LogP contribution in [0.4, 0.5) is 17.5 Å². The van der Waals surface area contributed by atoms with Gasteiger partial charge in [0.1, 0.15) is 5.82 Å². The zero-order valence-electron chi connectivity index (χ0n) is 20.0. The summed E-state index contributed by atoms with van der Waals surface area (Å²) in [7, 11) is 0. The summed E-state index contributed by atoms with van der Waals surface area (Å²) < 4.78 is 0. The van der Waals surface area contributed by atoms with Crippen LogP contribution >= 0.6 is 11.6 Å². The van der Waals surface area contributed by atoms with Gasteiger partial charge in [-0.15, -0.1) is 0 Å². The number of nitrogens with two attached hydrogens (primary N) is 1. The molecule has 1 fully saturated rings. The van der Waals surface area contributed by atoms with E-state index >= 15 is 0 Å². The molecular weight excluding hydrogens is 480 g/mol. The summed E-state index contributed by atoms with van der Waals surface area (Å²) >= 11 is 6.48. The van der Waals surface area contributed by atoms with E-state index < -0.39 is 5.97 Å². The Morgan fingerprint density at radius 2 is 1.89 bits per heavy atom. The first-order chi connectivity index (χ1) is 17.5. The fraction of sp³-hybridized carbons (Fsp3) is 0.360. The molecule has 0 aliphatic carbocycles. The van der Waals surface area contributed by atoms with Gasteiger partial charge in [0, 0.05) is 67.9 Å². The standard InChI is InChI=1S/C25H31ClN8O2/c26-21-4-3-20(14-19(21)16-33-10-12-34(13-11-33)17-24(35)36)31-25-29-9-6-22(32-25)18-2-5-23(30-15-18)28-8-1-7-27/h2-6,9,14-15H,1,7-8,10-13,16-17,27H2,(H,28,30)(H,35,36)(H,29,31,32). The number of carboxylic acid groups (broad SMARTS) is 1. The van der Waals surface area contributed by atoms with E-state index in [2.05, 4.69) is 30.5 Å². The number of carboxylic acids is 1. The highest BCUT2D eigenvalue weighted by Gasteiger charge is 2.19. The minimum Gasteiger partial charge on any atom is -0.480 e. The number of piperazine rings is 1. The van der Waals surface area contributed by atoms with Gasteiger partial charge in [-0.1, -0.05) is 11.6 Å². The number of hydrogen-bond acceptors (Lipinski definition) is 9. The SMILES string of the molecule is NCCCNc1ccc(-c2ccnc(Nc3ccc(Cl)c(CN4CCN(CC(=O)O)CC4)c3)n2)cn1. The molecule has 1 aromatic carbocycles. The number of benzene rings is 1. The molecule has 0 unspecified atom stereocenters. The summed E-state index contributed by atoms with van der Waals surface area (Å²) in [5.74, 6) is 0.491. The van der Waals surface area contributed by atoms with Crippen LogP contribution in [0.5, 0.6) is 0 Å². The zero-order chi connectivity index (χ0) is 25.3. The van der Waals surface area contributed by atoms with E-state index in [0.717, 1.165) is 67.5 Å². The van der Waals surface area contributed by atoms with Crippen molar-refractivity contribution in [1.82, 2.24) is 24.8 Å². The molecule has 4 rings (SSSR count). The number of anilines is 3. The normalized spacial score (nSPS) is 14.5. The number of rotatable bonds is 11. The quantitative estimate of drug-likeness (QED) is 0.285. The highest BCUT2D eigenvalue weighted by molar-refractivity contribution is 6.31. The maximum absolute atomic E-state index is 10.9. The molecule has 0 amide bonds. The van der Waals surface area contributed by atoms with Crippen molar-refractivity contribution in [3.63, 3.8) is 0 Å². The summed E-state index contributed by atoms with van der Waals surface area (Å²) in [6, 6.07) is 11.5. The largest absolute Gasteiger partial charge is 0.480 e. The summed E-state index contributed by atoms with van der Waals surface area (Å²) in [5, 5.41) is 16.2. The average molecular weight is 511 g/mol. The topological polar surface area (TPSA) is 133 Å². The van der Waals surface area contributed by atoms with Gasteiger partial charge in [-0.3, -0.25) is 14.6 Å². The average Bonchev–Trinajstić information content (AvgIpc) is 2.88. The first kappa shape index (κ1) is 25.8. The van der Waals surface area contributed by atoms with E-state index in [-0.39, 0.29) is 6.54 Å². The van der Waals surface area contributed by atoms with Crippen molar-refractivity contribution in [2.24, 2.45) is 5.73 Å². The molecule has 190 valence electrons. The fourth-order valence-corrected chi connectivity index (χ4v) is 4.17. The Kier molecular flexibility index (Phi) is 9.01. The summed E-state index contributed by atoms with van der Waals surface area (Å²) in [6.45, 7) is 5.23. The van der Waals surface area contributed by atoms with Crippen LogP contribution in [0.2, 0.25) is 5.02 Å². The van der Waals surface area contributed by atoms with Crippen LogP contribution in [0.25, 0.3) is 11.3 Å². The molecule has 0 spiro atoms. The number of pyridine rings is 1. The van der Waals surface area contributed by atoms with Crippen LogP contribution < -0.4 is 16.4 Å². The van der Waals surface area contributed by atoms with Crippen LogP contribution in [0.1, 0.15) is 12.0 Å². The molecule has 0 bridgehead atoms. The van der Waals surface area contributed by atoms with Crippen LogP contribution in [0, 0.1) is 0 Å². The van der Waals surface area contributed by atoms with Crippen molar-refractivity contribution in [3.8, 4) is 11.3 Å². The molecule has 1 aliphatic heterocycles. The van der Waals surface area contributed by atoms with E-state index in [1.807, 2.05) is 41.3 Å². The molecular formula is C25H31ClN8O2. The van der Waals surface area contributed by atoms with Crippen molar-refractivity contribution >= 4 is 35.0 Å². The van der Waals surface area contributed by atoms with Crippen molar-refractivity contribution in [1.29, 1.82) is 0 Å². The second-order valence-corrected chi connectivity index (χ2v) is 9.05. The molecule has 10 nitrogen and oxygen atoms in total. The summed E-state index contributed by atoms with van der Waals surface area (Å²) in [6.07, 6.45) is 4.39. The lowest BCUT2D eigenvalue weighted by molar-refractivity contribution is -0.138. The van der Waals surface area contributed by atoms with Crippen LogP contribution in [-0.2, 0) is 11.3 Å². The Labute approximate surface area is 215 Å². The van der Waals surface area contributed by atoms with Crippen molar-refractivity contribution in [2.45, 2.75) is 13.0 Å². The van der Waals surface area contributed by atoms with Crippen molar-refractivity contribution in [2.75, 3.05) is 56.4 Å². The molecule has 3 aromatic rings. The van der Waals surface area contributed by atoms with Gasteiger partial charge in [-0.05, 0) is 54.9 Å². The van der Waals surface area contributed by atoms with E-state index in [9.17, 15) is 4.79 Å². The molecule has 0 saturated carbocycles. The van der Waals surface area contributed by atoms with Gasteiger partial charge in [0.05, 0.1) is 12.2 Å². The molecule has 11 heteroatoms. The lowest BCUT2D eigenvalue weighted by Crippen LogP contribution is -2.47. The molecule has 3 heterocycles. The van der Waals surface area contributed by atoms with E-state index in [0.29, 0.717) is 24.1 Å². The number of aliphatic carboxylic acids is 1. The molecule has 0 radical (unpaired) electrons. The van der Waals surface area contributed by atoms with Gasteiger partial charge in [0.25, 0.3) is 0 Å². The number of aromatic nitrogens is 3. The van der Waals surface area contributed by atoms with E-state index in [4.69, 9.17) is 22.4 Å². The molecule has 2 aromatic heterocycles. The van der Waals surface area contributed by atoms with Crippen molar-refractivity contribution in [3.05, 3.63) is 59.4 Å². The van der Waals surface area contributed by atoms with Gasteiger partial charge in [-0.2, -0.15) is 0 Å². The minimum atomic E-state index is -0.792. The third-order valence-corrected chi connectivity index (χ3v) is 6.29. The molecule has 1 aliphatic rings. The lowest BCUT2D eigenvalue weighted by atomic mass is 10.1. The fourth-order valence-electron chi connectivity index (χ4n) is 3.99. The molecule has 5 N–H and O–H groups in total. The number of nitrogens with one attached hydrogen (secondary N) is 2. The first-order valence-electron chi connectivity index (χ1n) is 12.0. The Morgan fingerprint density at radius 3 is 2.61 bits per heavy atom. The number of nitrogens with zero attached hydrogens (tertiary/aromatic N) is 5. The summed E-state index contributed by atoms with van der Waals surface area (Å²) in [5.41, 5.74) is 9.02. The first-order valence-corrected chi connectivity index (χ1v) is 12.3. The monoisotopic (exact) mass is 510 g/mol. The molecule has 36 heavy (non-hydrogen) atoms. The van der Waals surface area contributed by atoms with Crippen LogP contribution in [-0.4, -0.2) is 81.6 Å². The number of carbonyl (C=O) groups is 1. The predicted molar refractivity (Wildman–Crippen MR) is 142 cm³/mol. The Morgan fingerprint density at radius 1 is 1.08 bits per heavy atom. The van der Waals surface area contributed by atoms with Crippen LogP contribution in [0.3, 0.4) is 0 Å². The van der Waals surface area contributed by atoms with E-state index in [1.54, 1.807) is 12.4 Å². The van der Waals surface area contributed by atoms with E-state index in [1.165, 1.54) is 0 Å². The predicted octanol–water partition coefficient (Wildman–Crippen LogP) is 2.90. The molecule has 0 atom stereocenters. The molecule has 1 saturated heterocycles. The second-order valence-electron chi connectivity index (χ2n) is 8.64. The third-order valence-electron chi connectivity index (χ3n) is 5.92. The number of halogens is 1. The highest BCUT2D eigenvalue weighted by Crippen LogP contribution is 2.25. The Balaban J connectivity index is 1.38. The minimum absolute atomic E-state index is 0.0823. The van der Waals surface area contributed by atoms with Crippen molar-refractivity contribution < 1.29 is 9.90 Å². The van der Waals surface area contributed by atoms with Gasteiger partial charge < -0.3 is 21.5 Å². The highest BCUT2D eigenvalue weighted by atomic mass is 35.5. The van der Waals surface area contributed by atoms with Crippen LogP contribution in [0.15, 0.2) is 48.8 Å². The maximum atomic E-state index is 10.9. The Bertz CT molecular complexity index is 1150. The Hall–Kier alpha value is -3.31. The van der Waals surface area contributed by atoms with Gasteiger partial charge in [0.2, 0.25) is 5.95 Å². The van der Waals surface area contributed by atoms with Gasteiger partial charge in [0.15, 0.2) is 0 Å². The van der Waals surface area contributed by atoms with Gasteiger partial charge in [-0.25, -0.2) is 15.0 Å². The maximum Gasteiger partial charge on any atom is 0.317 e. The van der Waals surface area contributed by atoms with Gasteiger partial charge >= 0.3 is 5.97 Å². The summed E-state index contributed by atoms with van der Waals surface area (Å²) in [4.78, 5) is 28.6. The lowest BCUT2D eigenvalue weighted by Gasteiger charge is -2.34. The second kappa shape index (κ2) is 12.6.